The van der Waals surface area contributed by atoms with E-state index in [1.807, 2.05) is 37.3 Å². The molecule has 1 N–H and O–H groups in total. The molecule has 28 heavy (non-hydrogen) atoms. The summed E-state index contributed by atoms with van der Waals surface area (Å²) in [6, 6.07) is 11.2. The van der Waals surface area contributed by atoms with Gasteiger partial charge in [0.2, 0.25) is 6.79 Å². The molecule has 1 atom stereocenters. The molecule has 2 aromatic rings. The monoisotopic (exact) mass is 382 g/mol. The molecule has 2 heterocycles. The molecule has 4 rings (SSSR count). The number of ether oxygens (including phenoxy) is 3. The fraction of sp³-hybridized carbons (Fsp3) is 0.333. The van der Waals surface area contributed by atoms with Crippen LogP contribution in [0.2, 0.25) is 0 Å². The summed E-state index contributed by atoms with van der Waals surface area (Å²) in [7, 11) is 1.65. The summed E-state index contributed by atoms with van der Waals surface area (Å²) < 4.78 is 16.5. The maximum Gasteiger partial charge on any atom is 0.280 e. The molecule has 0 aliphatic carbocycles. The van der Waals surface area contributed by atoms with Crippen LogP contribution in [0.3, 0.4) is 0 Å². The second kappa shape index (κ2) is 6.74. The van der Waals surface area contributed by atoms with Gasteiger partial charge in [-0.2, -0.15) is 0 Å². The number of fused-ring (bicyclic) bond motifs is 2. The minimum absolute atomic E-state index is 0.224. The Kier molecular flexibility index (Phi) is 4.37. The highest BCUT2D eigenvalue weighted by molar-refractivity contribution is 6.16. The first kappa shape index (κ1) is 18.2. The quantitative estimate of drug-likeness (QED) is 0.821. The number of carbonyl (C=O) groups excluding carboxylic acids is 2. The van der Waals surface area contributed by atoms with Gasteiger partial charge in [0.05, 0.1) is 5.69 Å². The van der Waals surface area contributed by atoms with E-state index < -0.39 is 17.4 Å². The molecule has 2 aliphatic rings. The van der Waals surface area contributed by atoms with Crippen LogP contribution in [-0.2, 0) is 16.0 Å². The molecular weight excluding hydrogens is 360 g/mol. The highest BCUT2D eigenvalue weighted by Crippen LogP contribution is 2.37. The third-order valence-electron chi connectivity index (χ3n) is 5.07. The van der Waals surface area contributed by atoms with Crippen LogP contribution in [0.25, 0.3) is 0 Å². The highest BCUT2D eigenvalue weighted by atomic mass is 16.7. The lowest BCUT2D eigenvalue weighted by Gasteiger charge is -2.38. The zero-order valence-electron chi connectivity index (χ0n) is 16.1. The number of likely N-dealkylation sites (N-methyl/N-ethyl adjacent to an activating group) is 1. The van der Waals surface area contributed by atoms with Crippen molar-refractivity contribution in [2.24, 2.45) is 0 Å². The fourth-order valence-corrected chi connectivity index (χ4v) is 3.40. The molecule has 146 valence electrons. The highest BCUT2D eigenvalue weighted by Gasteiger charge is 2.49. The Morgan fingerprint density at radius 1 is 1.14 bits per heavy atom. The SMILES string of the molecule is Cc1ccc2c(c1)N(C)C(=O)C(C)(C(=O)NCCc1ccc3c(c1)OCO3)O2. The molecule has 7 heteroatoms. The molecule has 1 unspecified atom stereocenters. The number of amides is 2. The van der Waals surface area contributed by atoms with Crippen LogP contribution < -0.4 is 24.4 Å². The molecule has 0 saturated carbocycles. The minimum Gasteiger partial charge on any atom is -0.466 e. The maximum absolute atomic E-state index is 12.8. The molecule has 2 aliphatic heterocycles. The number of aryl methyl sites for hydroxylation is 1. The van der Waals surface area contributed by atoms with Gasteiger partial charge in [0.25, 0.3) is 17.4 Å². The molecule has 0 radical (unpaired) electrons. The van der Waals surface area contributed by atoms with Crippen molar-refractivity contribution in [3.05, 3.63) is 47.5 Å². The largest absolute Gasteiger partial charge is 0.466 e. The summed E-state index contributed by atoms with van der Waals surface area (Å²) in [6.45, 7) is 4.04. The van der Waals surface area contributed by atoms with E-state index in [1.165, 1.54) is 11.8 Å². The number of nitrogens with zero attached hydrogens (tertiary/aromatic N) is 1. The lowest BCUT2D eigenvalue weighted by atomic mass is 9.99. The van der Waals surface area contributed by atoms with Crippen LogP contribution in [0, 0.1) is 6.92 Å². The van der Waals surface area contributed by atoms with E-state index in [0.29, 0.717) is 30.2 Å². The Balaban J connectivity index is 1.44. The summed E-state index contributed by atoms with van der Waals surface area (Å²) in [5.74, 6) is 1.08. The molecule has 0 saturated heterocycles. The topological polar surface area (TPSA) is 77.1 Å². The Morgan fingerprint density at radius 3 is 2.71 bits per heavy atom. The lowest BCUT2D eigenvalue weighted by molar-refractivity contribution is -0.148. The summed E-state index contributed by atoms with van der Waals surface area (Å²) in [5.41, 5.74) is 1.07. The molecule has 7 nitrogen and oxygen atoms in total. The smallest absolute Gasteiger partial charge is 0.280 e. The average Bonchev–Trinajstić information content (AvgIpc) is 3.15. The number of anilines is 1. The maximum atomic E-state index is 12.8. The first-order valence-electron chi connectivity index (χ1n) is 9.13. The minimum atomic E-state index is -1.61. The van der Waals surface area contributed by atoms with Crippen LogP contribution in [0.1, 0.15) is 18.1 Å². The summed E-state index contributed by atoms with van der Waals surface area (Å²) in [6.07, 6.45) is 0.596. The summed E-state index contributed by atoms with van der Waals surface area (Å²) >= 11 is 0. The normalized spacial score (nSPS) is 19.8. The van der Waals surface area contributed by atoms with Crippen LogP contribution in [0.5, 0.6) is 17.2 Å². The van der Waals surface area contributed by atoms with Gasteiger partial charge in [0.1, 0.15) is 5.75 Å². The van der Waals surface area contributed by atoms with Crippen LogP contribution >= 0.6 is 0 Å². The van der Waals surface area contributed by atoms with Gasteiger partial charge in [-0.15, -0.1) is 0 Å². The molecule has 2 aromatic carbocycles. The Labute approximate surface area is 163 Å². The van der Waals surface area contributed by atoms with Gasteiger partial charge in [-0.25, -0.2) is 0 Å². The second-order valence-electron chi connectivity index (χ2n) is 7.16. The average molecular weight is 382 g/mol. The van der Waals surface area contributed by atoms with E-state index in [0.717, 1.165) is 16.9 Å². The number of nitrogens with one attached hydrogen (secondary N) is 1. The van der Waals surface area contributed by atoms with Crippen molar-refractivity contribution >= 4 is 17.5 Å². The van der Waals surface area contributed by atoms with E-state index in [2.05, 4.69) is 5.32 Å². The number of hydrogen-bond donors (Lipinski definition) is 1. The van der Waals surface area contributed by atoms with Gasteiger partial charge < -0.3 is 24.4 Å². The van der Waals surface area contributed by atoms with E-state index in [-0.39, 0.29) is 6.79 Å². The van der Waals surface area contributed by atoms with Crippen molar-refractivity contribution in [2.75, 3.05) is 25.3 Å². The van der Waals surface area contributed by atoms with Gasteiger partial charge >= 0.3 is 0 Å². The predicted octanol–water partition coefficient (Wildman–Crippen LogP) is 2.20. The van der Waals surface area contributed by atoms with Crippen molar-refractivity contribution in [1.82, 2.24) is 5.32 Å². The van der Waals surface area contributed by atoms with Gasteiger partial charge in [0.15, 0.2) is 11.5 Å². The third kappa shape index (κ3) is 3.02. The number of hydrogen-bond acceptors (Lipinski definition) is 5. The molecule has 0 aromatic heterocycles. The van der Waals surface area contributed by atoms with Gasteiger partial charge in [0, 0.05) is 13.6 Å². The first-order valence-corrected chi connectivity index (χ1v) is 9.13. The number of benzene rings is 2. The molecular formula is C21H22N2O5. The van der Waals surface area contributed by atoms with E-state index >= 15 is 0 Å². The van der Waals surface area contributed by atoms with Crippen LogP contribution in [0.15, 0.2) is 36.4 Å². The van der Waals surface area contributed by atoms with Crippen molar-refractivity contribution in [3.63, 3.8) is 0 Å². The zero-order chi connectivity index (χ0) is 19.9. The molecule has 0 spiro atoms. The van der Waals surface area contributed by atoms with Gasteiger partial charge in [-0.1, -0.05) is 12.1 Å². The van der Waals surface area contributed by atoms with E-state index in [4.69, 9.17) is 14.2 Å². The Bertz CT molecular complexity index is 958. The molecule has 2 amide bonds. The van der Waals surface area contributed by atoms with Crippen LogP contribution in [-0.4, -0.2) is 37.8 Å². The van der Waals surface area contributed by atoms with E-state index in [9.17, 15) is 9.59 Å². The van der Waals surface area contributed by atoms with Gasteiger partial charge in [-0.3, -0.25) is 9.59 Å². The van der Waals surface area contributed by atoms with Crippen molar-refractivity contribution in [2.45, 2.75) is 25.9 Å². The van der Waals surface area contributed by atoms with Crippen molar-refractivity contribution in [3.8, 4) is 17.2 Å². The molecule has 0 bridgehead atoms. The number of carbonyl (C=O) groups is 2. The first-order chi connectivity index (χ1) is 13.4. The fourth-order valence-electron chi connectivity index (χ4n) is 3.40. The summed E-state index contributed by atoms with van der Waals surface area (Å²) in [5, 5.41) is 2.82. The number of rotatable bonds is 4. The Morgan fingerprint density at radius 2 is 1.89 bits per heavy atom. The van der Waals surface area contributed by atoms with E-state index in [1.54, 1.807) is 13.1 Å². The lowest BCUT2D eigenvalue weighted by Crippen LogP contribution is -2.61. The van der Waals surface area contributed by atoms with Crippen LogP contribution in [0.4, 0.5) is 5.69 Å². The second-order valence-corrected chi connectivity index (χ2v) is 7.16. The van der Waals surface area contributed by atoms with Crippen molar-refractivity contribution in [1.29, 1.82) is 0 Å². The third-order valence-corrected chi connectivity index (χ3v) is 5.07. The standard InChI is InChI=1S/C21H22N2O5/c1-13-4-6-16-15(10-13)23(3)20(25)21(2,28-16)19(24)22-9-8-14-5-7-17-18(11-14)27-12-26-17/h4-7,10-11H,8-9,12H2,1-3H3,(H,22,24). The predicted molar refractivity (Wildman–Crippen MR) is 103 cm³/mol. The van der Waals surface area contributed by atoms with Gasteiger partial charge in [-0.05, 0) is 55.7 Å². The molecule has 0 fully saturated rings. The van der Waals surface area contributed by atoms with Crippen molar-refractivity contribution < 1.29 is 23.8 Å². The summed E-state index contributed by atoms with van der Waals surface area (Å²) in [4.78, 5) is 27.1. The zero-order valence-corrected chi connectivity index (χ0v) is 16.1. The Hall–Kier alpha value is -3.22.